The van der Waals surface area contributed by atoms with Gasteiger partial charge in [-0.2, -0.15) is 0 Å². The van der Waals surface area contributed by atoms with E-state index in [1.807, 2.05) is 13.8 Å². The molecule has 1 aliphatic rings. The standard InChI is InChI=1S/C12H17N3O/c1-8(2)14-12(16)10-4-3-7-13-11(10)15-9-5-6-9/h3-4,7-9H,5-6H2,1-2H3,(H,13,15)(H,14,16). The Balaban J connectivity index is 2.14. The number of nitrogens with zero attached hydrogens (tertiary/aromatic N) is 1. The van der Waals surface area contributed by atoms with Crippen LogP contribution in [0.25, 0.3) is 0 Å². The first-order chi connectivity index (χ1) is 7.66. The molecule has 1 aromatic rings. The number of aromatic nitrogens is 1. The molecular formula is C12H17N3O. The molecule has 1 heterocycles. The smallest absolute Gasteiger partial charge is 0.255 e. The monoisotopic (exact) mass is 219 g/mol. The summed E-state index contributed by atoms with van der Waals surface area (Å²) in [5.41, 5.74) is 0.628. The summed E-state index contributed by atoms with van der Waals surface area (Å²) < 4.78 is 0. The van der Waals surface area contributed by atoms with Gasteiger partial charge in [-0.15, -0.1) is 0 Å². The molecule has 0 unspecified atom stereocenters. The van der Waals surface area contributed by atoms with Crippen LogP contribution in [0.15, 0.2) is 18.3 Å². The summed E-state index contributed by atoms with van der Waals surface area (Å²) >= 11 is 0. The molecule has 4 nitrogen and oxygen atoms in total. The van der Waals surface area contributed by atoms with E-state index in [1.165, 1.54) is 12.8 Å². The molecule has 0 aliphatic heterocycles. The van der Waals surface area contributed by atoms with Gasteiger partial charge in [0, 0.05) is 18.3 Å². The predicted octanol–water partition coefficient (Wildman–Crippen LogP) is 1.79. The van der Waals surface area contributed by atoms with Gasteiger partial charge >= 0.3 is 0 Å². The number of hydrogen-bond donors (Lipinski definition) is 2. The Morgan fingerprint density at radius 3 is 2.88 bits per heavy atom. The molecule has 0 atom stereocenters. The normalized spacial score (nSPS) is 14.9. The van der Waals surface area contributed by atoms with Gasteiger partial charge in [0.2, 0.25) is 0 Å². The first-order valence-electron chi connectivity index (χ1n) is 5.69. The van der Waals surface area contributed by atoms with Crippen LogP contribution in [0, 0.1) is 0 Å². The van der Waals surface area contributed by atoms with Gasteiger partial charge in [0.1, 0.15) is 5.82 Å². The predicted molar refractivity (Wildman–Crippen MR) is 63.5 cm³/mol. The van der Waals surface area contributed by atoms with E-state index in [4.69, 9.17) is 0 Å². The maximum atomic E-state index is 11.9. The first kappa shape index (κ1) is 10.9. The summed E-state index contributed by atoms with van der Waals surface area (Å²) in [7, 11) is 0. The second-order valence-electron chi connectivity index (χ2n) is 4.45. The maximum absolute atomic E-state index is 11.9. The number of nitrogens with one attached hydrogen (secondary N) is 2. The van der Waals surface area contributed by atoms with E-state index >= 15 is 0 Å². The maximum Gasteiger partial charge on any atom is 0.255 e. The van der Waals surface area contributed by atoms with Crippen LogP contribution < -0.4 is 10.6 Å². The third kappa shape index (κ3) is 2.72. The summed E-state index contributed by atoms with van der Waals surface area (Å²) in [5, 5.41) is 6.14. The molecule has 4 heteroatoms. The molecule has 1 amide bonds. The zero-order chi connectivity index (χ0) is 11.5. The molecule has 1 aliphatic carbocycles. The average Bonchev–Trinajstić information content (AvgIpc) is 3.01. The molecule has 2 N–H and O–H groups in total. The highest BCUT2D eigenvalue weighted by Crippen LogP contribution is 2.25. The largest absolute Gasteiger partial charge is 0.367 e. The number of carbonyl (C=O) groups is 1. The van der Waals surface area contributed by atoms with E-state index < -0.39 is 0 Å². The van der Waals surface area contributed by atoms with Gasteiger partial charge in [-0.05, 0) is 38.8 Å². The average molecular weight is 219 g/mol. The molecule has 1 fully saturated rings. The van der Waals surface area contributed by atoms with Crippen LogP contribution in [-0.2, 0) is 0 Å². The third-order valence-corrected chi connectivity index (χ3v) is 2.39. The lowest BCUT2D eigenvalue weighted by molar-refractivity contribution is 0.0943. The summed E-state index contributed by atoms with van der Waals surface area (Å²) in [6.07, 6.45) is 4.04. The van der Waals surface area contributed by atoms with Crippen molar-refractivity contribution in [1.82, 2.24) is 10.3 Å². The van der Waals surface area contributed by atoms with Gasteiger partial charge in [0.15, 0.2) is 0 Å². The van der Waals surface area contributed by atoms with E-state index in [0.29, 0.717) is 17.4 Å². The van der Waals surface area contributed by atoms with E-state index in [1.54, 1.807) is 18.3 Å². The number of rotatable bonds is 4. The quantitative estimate of drug-likeness (QED) is 0.811. The van der Waals surface area contributed by atoms with Gasteiger partial charge in [0.25, 0.3) is 5.91 Å². The second kappa shape index (κ2) is 4.51. The van der Waals surface area contributed by atoms with E-state index in [0.717, 1.165) is 0 Å². The van der Waals surface area contributed by atoms with Crippen LogP contribution in [0.3, 0.4) is 0 Å². The lowest BCUT2D eigenvalue weighted by Crippen LogP contribution is -2.31. The Hall–Kier alpha value is -1.58. The molecule has 16 heavy (non-hydrogen) atoms. The topological polar surface area (TPSA) is 54.0 Å². The van der Waals surface area contributed by atoms with Crippen molar-refractivity contribution in [3.63, 3.8) is 0 Å². The van der Waals surface area contributed by atoms with Gasteiger partial charge in [0.05, 0.1) is 5.56 Å². The van der Waals surface area contributed by atoms with E-state index in [-0.39, 0.29) is 11.9 Å². The molecule has 2 rings (SSSR count). The van der Waals surface area contributed by atoms with E-state index in [9.17, 15) is 4.79 Å². The number of pyridine rings is 1. The van der Waals surface area contributed by atoms with Crippen LogP contribution in [-0.4, -0.2) is 23.0 Å². The zero-order valence-electron chi connectivity index (χ0n) is 9.66. The Kier molecular flexibility index (Phi) is 3.08. The van der Waals surface area contributed by atoms with E-state index in [2.05, 4.69) is 15.6 Å². The summed E-state index contributed by atoms with van der Waals surface area (Å²) in [6.45, 7) is 3.89. The lowest BCUT2D eigenvalue weighted by atomic mass is 10.2. The Labute approximate surface area is 95.5 Å². The van der Waals surface area contributed by atoms with Crippen molar-refractivity contribution in [3.8, 4) is 0 Å². The number of amides is 1. The fourth-order valence-electron chi connectivity index (χ4n) is 1.46. The van der Waals surface area contributed by atoms with Gasteiger partial charge in [-0.3, -0.25) is 4.79 Å². The van der Waals surface area contributed by atoms with Gasteiger partial charge in [-0.25, -0.2) is 4.98 Å². The summed E-state index contributed by atoms with van der Waals surface area (Å²) in [6, 6.07) is 4.23. The molecule has 86 valence electrons. The Morgan fingerprint density at radius 2 is 2.25 bits per heavy atom. The van der Waals surface area contributed by atoms with Crippen molar-refractivity contribution in [1.29, 1.82) is 0 Å². The fourth-order valence-corrected chi connectivity index (χ4v) is 1.46. The minimum atomic E-state index is -0.0637. The first-order valence-corrected chi connectivity index (χ1v) is 5.69. The van der Waals surface area contributed by atoms with Crippen molar-refractivity contribution in [3.05, 3.63) is 23.9 Å². The van der Waals surface area contributed by atoms with Crippen molar-refractivity contribution in [2.45, 2.75) is 38.8 Å². The highest BCUT2D eigenvalue weighted by Gasteiger charge is 2.23. The Bertz CT molecular complexity index is 386. The number of hydrogen-bond acceptors (Lipinski definition) is 3. The van der Waals surface area contributed by atoms with Crippen LogP contribution in [0.1, 0.15) is 37.0 Å². The van der Waals surface area contributed by atoms with Crippen molar-refractivity contribution in [2.24, 2.45) is 0 Å². The summed E-state index contributed by atoms with van der Waals surface area (Å²) in [5.74, 6) is 0.634. The van der Waals surface area contributed by atoms with Gasteiger partial charge < -0.3 is 10.6 Å². The SMILES string of the molecule is CC(C)NC(=O)c1cccnc1NC1CC1. The minimum Gasteiger partial charge on any atom is -0.367 e. The molecule has 0 aromatic carbocycles. The van der Waals surface area contributed by atoms with Gasteiger partial charge in [-0.1, -0.05) is 0 Å². The zero-order valence-corrected chi connectivity index (χ0v) is 9.66. The van der Waals surface area contributed by atoms with Crippen LogP contribution in [0.2, 0.25) is 0 Å². The lowest BCUT2D eigenvalue weighted by Gasteiger charge is -2.12. The van der Waals surface area contributed by atoms with Crippen LogP contribution in [0.5, 0.6) is 0 Å². The summed E-state index contributed by atoms with van der Waals surface area (Å²) in [4.78, 5) is 16.1. The molecular weight excluding hydrogens is 202 g/mol. The van der Waals surface area contributed by atoms with Crippen LogP contribution in [0.4, 0.5) is 5.82 Å². The van der Waals surface area contributed by atoms with Crippen molar-refractivity contribution in [2.75, 3.05) is 5.32 Å². The number of anilines is 1. The van der Waals surface area contributed by atoms with Crippen molar-refractivity contribution < 1.29 is 4.79 Å². The van der Waals surface area contributed by atoms with Crippen molar-refractivity contribution >= 4 is 11.7 Å². The highest BCUT2D eigenvalue weighted by molar-refractivity contribution is 5.98. The molecule has 0 spiro atoms. The second-order valence-corrected chi connectivity index (χ2v) is 4.45. The minimum absolute atomic E-state index is 0.0637. The third-order valence-electron chi connectivity index (χ3n) is 2.39. The molecule has 0 saturated heterocycles. The highest BCUT2D eigenvalue weighted by atomic mass is 16.1. The number of carbonyl (C=O) groups excluding carboxylic acids is 1. The van der Waals surface area contributed by atoms with Crippen LogP contribution >= 0.6 is 0 Å². The molecule has 1 aromatic heterocycles. The molecule has 0 bridgehead atoms. The molecule has 1 saturated carbocycles. The molecule has 0 radical (unpaired) electrons. The fraction of sp³-hybridized carbons (Fsp3) is 0.500. The Morgan fingerprint density at radius 1 is 1.50 bits per heavy atom.